The number of nitrogens with zero attached hydrogens (tertiary/aromatic N) is 1. The van der Waals surface area contributed by atoms with Crippen LogP contribution >= 0.6 is 23.2 Å². The minimum atomic E-state index is -0.814. The summed E-state index contributed by atoms with van der Waals surface area (Å²) in [5.41, 5.74) is 4.84. The van der Waals surface area contributed by atoms with Gasteiger partial charge in [0.25, 0.3) is 0 Å². The Morgan fingerprint density at radius 1 is 1.00 bits per heavy atom. The topological polar surface area (TPSA) is 75.2 Å². The fourth-order valence-corrected chi connectivity index (χ4v) is 3.93. The summed E-state index contributed by atoms with van der Waals surface area (Å²) in [6, 6.07) is 21.3. The third-order valence-corrected chi connectivity index (χ3v) is 5.68. The van der Waals surface area contributed by atoms with Crippen molar-refractivity contribution in [1.29, 1.82) is 0 Å². The van der Waals surface area contributed by atoms with Crippen LogP contribution in [0.25, 0.3) is 34.5 Å². The summed E-state index contributed by atoms with van der Waals surface area (Å²) in [5, 5.41) is 9.85. The van der Waals surface area contributed by atoms with Gasteiger partial charge in [-0.25, -0.2) is 4.98 Å². The van der Waals surface area contributed by atoms with Crippen LogP contribution in [0.15, 0.2) is 72.9 Å². The molecule has 0 unspecified atom stereocenters. The Morgan fingerprint density at radius 3 is 2.59 bits per heavy atom. The van der Waals surface area contributed by atoms with Gasteiger partial charge in [0, 0.05) is 17.0 Å². The molecule has 1 heterocycles. The van der Waals surface area contributed by atoms with E-state index in [1.165, 1.54) is 0 Å². The van der Waals surface area contributed by atoms with Crippen LogP contribution in [0, 0.1) is 0 Å². The number of ether oxygens (including phenoxy) is 1. The van der Waals surface area contributed by atoms with E-state index in [9.17, 15) is 4.79 Å². The number of nitrogens with one attached hydrogen (secondary N) is 1. The zero-order valence-corrected chi connectivity index (χ0v) is 19.7. The molecule has 2 N–H and O–H groups in total. The maximum Gasteiger partial charge on any atom is 0.303 e. The zero-order valence-electron chi connectivity index (χ0n) is 18.2. The minimum absolute atomic E-state index is 0.104. The Labute approximate surface area is 207 Å². The summed E-state index contributed by atoms with van der Waals surface area (Å²) in [4.78, 5) is 18.3. The lowest BCUT2D eigenvalue weighted by atomic mass is 10.0. The number of imidazole rings is 1. The van der Waals surface area contributed by atoms with Crippen LogP contribution in [0.3, 0.4) is 0 Å². The summed E-state index contributed by atoms with van der Waals surface area (Å²) in [7, 11) is 0. The van der Waals surface area contributed by atoms with Crippen molar-refractivity contribution < 1.29 is 14.6 Å². The molecule has 0 aliphatic rings. The first kappa shape index (κ1) is 23.6. The number of carboxylic acid groups (broad SMARTS) is 1. The molecule has 0 bridgehead atoms. The van der Waals surface area contributed by atoms with Gasteiger partial charge in [-0.2, -0.15) is 0 Å². The number of H-pyrrole nitrogens is 1. The van der Waals surface area contributed by atoms with Gasteiger partial charge in [0.15, 0.2) is 0 Å². The standard InChI is InChI=1S/C27H22Cl2N2O3/c28-21-9-12-23(24(29)16-21)25-17-30-26(31-25)13-6-18-3-1-4-20(15-18)19-7-10-22(11-8-19)34-14-2-5-27(32)33/h1,3-4,6-13,15-17H,2,5,14H2,(H,30,31)(H,32,33)/b13-6+. The molecule has 5 nitrogen and oxygen atoms in total. The highest BCUT2D eigenvalue weighted by atomic mass is 35.5. The molecule has 7 heteroatoms. The van der Waals surface area contributed by atoms with Crippen LogP contribution in [0.1, 0.15) is 24.2 Å². The summed E-state index contributed by atoms with van der Waals surface area (Å²) < 4.78 is 5.61. The molecule has 3 aromatic carbocycles. The molecule has 0 saturated heterocycles. The van der Waals surface area contributed by atoms with Gasteiger partial charge in [0.05, 0.1) is 23.5 Å². The lowest BCUT2D eigenvalue weighted by Crippen LogP contribution is -2.01. The van der Waals surface area contributed by atoms with Crippen LogP contribution in [0.5, 0.6) is 5.75 Å². The van der Waals surface area contributed by atoms with Crippen molar-refractivity contribution in [3.63, 3.8) is 0 Å². The maximum absolute atomic E-state index is 10.6. The van der Waals surface area contributed by atoms with E-state index < -0.39 is 5.97 Å². The molecule has 0 saturated carbocycles. The Morgan fingerprint density at radius 2 is 1.82 bits per heavy atom. The highest BCUT2D eigenvalue weighted by Gasteiger charge is 2.07. The van der Waals surface area contributed by atoms with Gasteiger partial charge in [-0.3, -0.25) is 4.79 Å². The van der Waals surface area contributed by atoms with Crippen molar-refractivity contribution in [3.8, 4) is 28.1 Å². The Kier molecular flexibility index (Phi) is 7.68. The Hall–Kier alpha value is -3.54. The summed E-state index contributed by atoms with van der Waals surface area (Å²) in [6.07, 6.45) is 6.24. The monoisotopic (exact) mass is 492 g/mol. The van der Waals surface area contributed by atoms with E-state index in [4.69, 9.17) is 33.0 Å². The molecule has 0 aliphatic heterocycles. The number of hydrogen-bond donors (Lipinski definition) is 2. The molecule has 0 spiro atoms. The first-order valence-electron chi connectivity index (χ1n) is 10.7. The molecule has 0 aliphatic carbocycles. The average molecular weight is 493 g/mol. The van der Waals surface area contributed by atoms with Crippen LogP contribution in [-0.2, 0) is 4.79 Å². The summed E-state index contributed by atoms with van der Waals surface area (Å²) >= 11 is 12.3. The van der Waals surface area contributed by atoms with E-state index in [2.05, 4.69) is 16.0 Å². The third kappa shape index (κ3) is 6.28. The second-order valence-electron chi connectivity index (χ2n) is 7.64. The fourth-order valence-electron chi connectivity index (χ4n) is 3.42. The van der Waals surface area contributed by atoms with Crippen molar-refractivity contribution in [1.82, 2.24) is 9.97 Å². The molecular weight excluding hydrogens is 471 g/mol. The van der Waals surface area contributed by atoms with E-state index in [0.29, 0.717) is 23.1 Å². The first-order chi connectivity index (χ1) is 16.5. The van der Waals surface area contributed by atoms with E-state index in [1.54, 1.807) is 18.3 Å². The van der Waals surface area contributed by atoms with Crippen molar-refractivity contribution in [2.75, 3.05) is 6.61 Å². The lowest BCUT2D eigenvalue weighted by molar-refractivity contribution is -0.137. The van der Waals surface area contributed by atoms with Gasteiger partial charge in [0.1, 0.15) is 11.6 Å². The van der Waals surface area contributed by atoms with Gasteiger partial charge < -0.3 is 14.8 Å². The van der Waals surface area contributed by atoms with E-state index in [1.807, 2.05) is 60.7 Å². The Bertz CT molecular complexity index is 1310. The van der Waals surface area contributed by atoms with Crippen molar-refractivity contribution >= 4 is 41.3 Å². The largest absolute Gasteiger partial charge is 0.494 e. The number of carboxylic acids is 1. The van der Waals surface area contributed by atoms with Crippen molar-refractivity contribution in [2.45, 2.75) is 12.8 Å². The molecule has 1 aromatic heterocycles. The van der Waals surface area contributed by atoms with Gasteiger partial charge >= 0.3 is 5.97 Å². The normalized spacial score (nSPS) is 11.1. The molecule has 0 amide bonds. The van der Waals surface area contributed by atoms with E-state index in [0.717, 1.165) is 39.5 Å². The Balaban J connectivity index is 1.42. The smallest absolute Gasteiger partial charge is 0.303 e. The molecule has 0 atom stereocenters. The molecule has 0 fully saturated rings. The van der Waals surface area contributed by atoms with Crippen molar-refractivity contribution in [3.05, 3.63) is 94.4 Å². The second kappa shape index (κ2) is 11.1. The van der Waals surface area contributed by atoms with Gasteiger partial charge in [-0.1, -0.05) is 59.6 Å². The minimum Gasteiger partial charge on any atom is -0.494 e. The van der Waals surface area contributed by atoms with E-state index >= 15 is 0 Å². The average Bonchev–Trinajstić information content (AvgIpc) is 3.30. The maximum atomic E-state index is 10.6. The predicted octanol–water partition coefficient (Wildman–Crippen LogP) is 7.46. The predicted molar refractivity (Wildman–Crippen MR) is 137 cm³/mol. The lowest BCUT2D eigenvalue weighted by Gasteiger charge is -2.07. The highest BCUT2D eigenvalue weighted by Crippen LogP contribution is 2.29. The number of aliphatic carboxylic acids is 1. The summed E-state index contributed by atoms with van der Waals surface area (Å²) in [5.74, 6) is 0.627. The molecule has 172 valence electrons. The van der Waals surface area contributed by atoms with Crippen LogP contribution in [0.4, 0.5) is 0 Å². The fraction of sp³-hybridized carbons (Fsp3) is 0.111. The summed E-state index contributed by atoms with van der Waals surface area (Å²) in [6.45, 7) is 0.380. The molecule has 4 rings (SSSR count). The number of aromatic nitrogens is 2. The molecule has 34 heavy (non-hydrogen) atoms. The number of halogens is 2. The SMILES string of the molecule is O=C(O)CCCOc1ccc(-c2cccc(/C=C/c3ncc(-c4ccc(Cl)cc4Cl)[nH]3)c2)cc1. The van der Waals surface area contributed by atoms with Gasteiger partial charge in [0.2, 0.25) is 0 Å². The molecule has 0 radical (unpaired) electrons. The number of hydrogen-bond acceptors (Lipinski definition) is 3. The van der Waals surface area contributed by atoms with Gasteiger partial charge in [-0.05, 0) is 65.6 Å². The molecular formula is C27H22Cl2N2O3. The second-order valence-corrected chi connectivity index (χ2v) is 8.48. The van der Waals surface area contributed by atoms with Gasteiger partial charge in [-0.15, -0.1) is 0 Å². The third-order valence-electron chi connectivity index (χ3n) is 5.13. The highest BCUT2D eigenvalue weighted by molar-refractivity contribution is 6.36. The van der Waals surface area contributed by atoms with E-state index in [-0.39, 0.29) is 6.42 Å². The number of aromatic amines is 1. The van der Waals surface area contributed by atoms with Crippen molar-refractivity contribution in [2.24, 2.45) is 0 Å². The number of benzene rings is 3. The van der Waals surface area contributed by atoms with Crippen LogP contribution < -0.4 is 4.74 Å². The molecule has 4 aromatic rings. The van der Waals surface area contributed by atoms with Crippen LogP contribution in [-0.4, -0.2) is 27.7 Å². The quantitative estimate of drug-likeness (QED) is 0.237. The van der Waals surface area contributed by atoms with Crippen LogP contribution in [0.2, 0.25) is 10.0 Å². The number of rotatable bonds is 9. The number of carbonyl (C=O) groups is 1. The first-order valence-corrected chi connectivity index (χ1v) is 11.5. The zero-order chi connectivity index (χ0) is 23.9.